The van der Waals surface area contributed by atoms with Crippen molar-refractivity contribution < 1.29 is 4.79 Å². The van der Waals surface area contributed by atoms with E-state index in [1.54, 1.807) is 12.1 Å². The van der Waals surface area contributed by atoms with Gasteiger partial charge < -0.3 is 10.2 Å². The van der Waals surface area contributed by atoms with Crippen molar-refractivity contribution in [2.45, 2.75) is 25.8 Å². The van der Waals surface area contributed by atoms with Gasteiger partial charge in [0.15, 0.2) is 0 Å². The van der Waals surface area contributed by atoms with Crippen LogP contribution in [-0.2, 0) is 4.79 Å². The van der Waals surface area contributed by atoms with E-state index in [-0.39, 0.29) is 17.9 Å². The third kappa shape index (κ3) is 3.22. The minimum absolute atomic E-state index is 0.146. The average molecular weight is 301 g/mol. The molecule has 0 saturated carbocycles. The minimum Gasteiger partial charge on any atom is -0.337 e. The van der Waals surface area contributed by atoms with Crippen molar-refractivity contribution in [3.8, 4) is 0 Å². The predicted molar refractivity (Wildman–Crippen MR) is 78.9 cm³/mol. The van der Waals surface area contributed by atoms with Gasteiger partial charge in [-0.2, -0.15) is 0 Å². The molecule has 0 aliphatic carbocycles. The summed E-state index contributed by atoms with van der Waals surface area (Å²) in [5, 5.41) is 4.29. The van der Waals surface area contributed by atoms with Gasteiger partial charge in [-0.15, -0.1) is 0 Å². The zero-order chi connectivity index (χ0) is 14.0. The predicted octanol–water partition coefficient (Wildman–Crippen LogP) is 2.92. The van der Waals surface area contributed by atoms with Crippen LogP contribution in [0.15, 0.2) is 18.2 Å². The van der Waals surface area contributed by atoms with Gasteiger partial charge in [0.1, 0.15) is 0 Å². The summed E-state index contributed by atoms with van der Waals surface area (Å²) < 4.78 is 0. The molecular formula is C14H18Cl2N2O. The van der Waals surface area contributed by atoms with Crippen LogP contribution in [0.5, 0.6) is 0 Å². The smallest absolute Gasteiger partial charge is 0.230 e. The number of hydrogen-bond acceptors (Lipinski definition) is 2. The fourth-order valence-corrected chi connectivity index (χ4v) is 2.65. The van der Waals surface area contributed by atoms with E-state index in [2.05, 4.69) is 12.2 Å². The second-order valence-electron chi connectivity index (χ2n) is 4.98. The van der Waals surface area contributed by atoms with Gasteiger partial charge in [0.25, 0.3) is 0 Å². The molecule has 0 spiro atoms. The van der Waals surface area contributed by atoms with E-state index >= 15 is 0 Å². The molecule has 2 atom stereocenters. The quantitative estimate of drug-likeness (QED) is 0.911. The average Bonchev–Trinajstić information content (AvgIpc) is 2.41. The van der Waals surface area contributed by atoms with Crippen LogP contribution < -0.4 is 5.32 Å². The number of nitrogens with zero attached hydrogens (tertiary/aromatic N) is 1. The Balaban J connectivity index is 2.15. The lowest BCUT2D eigenvalue weighted by atomic mass is 9.98. The van der Waals surface area contributed by atoms with Crippen LogP contribution in [-0.4, -0.2) is 36.5 Å². The molecule has 1 saturated heterocycles. The summed E-state index contributed by atoms with van der Waals surface area (Å²) in [5.74, 6) is -0.0531. The van der Waals surface area contributed by atoms with Crippen LogP contribution in [0, 0.1) is 0 Å². The van der Waals surface area contributed by atoms with Gasteiger partial charge >= 0.3 is 0 Å². The fourth-order valence-electron chi connectivity index (χ4n) is 2.34. The third-order valence-electron chi connectivity index (χ3n) is 3.60. The molecule has 1 aromatic carbocycles. The molecule has 0 radical (unpaired) electrons. The van der Waals surface area contributed by atoms with E-state index in [1.807, 2.05) is 17.9 Å². The van der Waals surface area contributed by atoms with Crippen LogP contribution in [0.25, 0.3) is 0 Å². The normalized spacial score (nSPS) is 21.3. The van der Waals surface area contributed by atoms with E-state index < -0.39 is 0 Å². The van der Waals surface area contributed by atoms with E-state index in [4.69, 9.17) is 23.2 Å². The highest BCUT2D eigenvalue weighted by molar-refractivity contribution is 6.42. The highest BCUT2D eigenvalue weighted by Crippen LogP contribution is 2.27. The van der Waals surface area contributed by atoms with Crippen molar-refractivity contribution in [1.29, 1.82) is 0 Å². The summed E-state index contributed by atoms with van der Waals surface area (Å²) in [5.41, 5.74) is 0.908. The van der Waals surface area contributed by atoms with Gasteiger partial charge in [-0.05, 0) is 31.5 Å². The topological polar surface area (TPSA) is 32.3 Å². The molecule has 1 aromatic rings. The summed E-state index contributed by atoms with van der Waals surface area (Å²) in [6.45, 7) is 6.43. The van der Waals surface area contributed by atoms with Gasteiger partial charge in [0.05, 0.1) is 16.0 Å². The van der Waals surface area contributed by atoms with Crippen LogP contribution >= 0.6 is 23.2 Å². The number of rotatable bonds is 2. The fraction of sp³-hybridized carbons (Fsp3) is 0.500. The number of hydrogen-bond donors (Lipinski definition) is 1. The van der Waals surface area contributed by atoms with E-state index in [1.165, 1.54) is 0 Å². The highest BCUT2D eigenvalue weighted by atomic mass is 35.5. The standard InChI is InChI=1S/C14H18Cl2N2O/c1-9-8-17-5-6-18(9)14(19)10(2)11-3-4-12(15)13(16)7-11/h3-4,7,9-10,17H,5-6,8H2,1-2H3/t9-,10?/m1/s1. The van der Waals surface area contributed by atoms with Gasteiger partial charge in [0, 0.05) is 25.7 Å². The second-order valence-corrected chi connectivity index (χ2v) is 5.79. The highest BCUT2D eigenvalue weighted by Gasteiger charge is 2.27. The molecule has 0 bridgehead atoms. The van der Waals surface area contributed by atoms with Crippen molar-refractivity contribution >= 4 is 29.1 Å². The number of carbonyl (C=O) groups is 1. The lowest BCUT2D eigenvalue weighted by Crippen LogP contribution is -2.53. The monoisotopic (exact) mass is 300 g/mol. The SMILES string of the molecule is CC(C(=O)N1CCNC[C@H]1C)c1ccc(Cl)c(Cl)c1. The molecule has 0 aromatic heterocycles. The molecule has 5 heteroatoms. The Morgan fingerprint density at radius 1 is 1.42 bits per heavy atom. The van der Waals surface area contributed by atoms with Gasteiger partial charge in [-0.25, -0.2) is 0 Å². The summed E-state index contributed by atoms with van der Waals surface area (Å²) >= 11 is 11.9. The number of benzene rings is 1. The van der Waals surface area contributed by atoms with Crippen LogP contribution in [0.4, 0.5) is 0 Å². The summed E-state index contributed by atoms with van der Waals surface area (Å²) in [7, 11) is 0. The summed E-state index contributed by atoms with van der Waals surface area (Å²) in [6, 6.07) is 5.61. The van der Waals surface area contributed by atoms with Crippen molar-refractivity contribution in [1.82, 2.24) is 10.2 Å². The first kappa shape index (κ1) is 14.6. The summed E-state index contributed by atoms with van der Waals surface area (Å²) in [4.78, 5) is 14.5. The molecular weight excluding hydrogens is 283 g/mol. The molecule has 3 nitrogen and oxygen atoms in total. The number of piperazine rings is 1. The lowest BCUT2D eigenvalue weighted by Gasteiger charge is -2.35. The number of nitrogens with one attached hydrogen (secondary N) is 1. The van der Waals surface area contributed by atoms with Crippen molar-refractivity contribution in [3.63, 3.8) is 0 Å². The number of carbonyl (C=O) groups excluding carboxylic acids is 1. The Morgan fingerprint density at radius 2 is 2.16 bits per heavy atom. The molecule has 1 fully saturated rings. The first-order valence-electron chi connectivity index (χ1n) is 6.47. The zero-order valence-corrected chi connectivity index (χ0v) is 12.6. The minimum atomic E-state index is -0.199. The maximum absolute atomic E-state index is 12.5. The first-order chi connectivity index (χ1) is 9.00. The largest absolute Gasteiger partial charge is 0.337 e. The molecule has 1 amide bonds. The van der Waals surface area contributed by atoms with Crippen molar-refractivity contribution in [3.05, 3.63) is 33.8 Å². The Bertz CT molecular complexity index is 479. The first-order valence-corrected chi connectivity index (χ1v) is 7.22. The van der Waals surface area contributed by atoms with Crippen molar-refractivity contribution in [2.75, 3.05) is 19.6 Å². The molecule has 1 unspecified atom stereocenters. The lowest BCUT2D eigenvalue weighted by molar-refractivity contribution is -0.135. The molecule has 104 valence electrons. The van der Waals surface area contributed by atoms with E-state index in [9.17, 15) is 4.79 Å². The summed E-state index contributed by atoms with van der Waals surface area (Å²) in [6.07, 6.45) is 0. The molecule has 1 N–H and O–H groups in total. The second kappa shape index (κ2) is 6.12. The number of halogens is 2. The zero-order valence-electron chi connectivity index (χ0n) is 11.1. The molecule has 1 heterocycles. The Morgan fingerprint density at radius 3 is 2.79 bits per heavy atom. The third-order valence-corrected chi connectivity index (χ3v) is 4.34. The Hall–Kier alpha value is -0.770. The molecule has 1 aliphatic rings. The van der Waals surface area contributed by atoms with E-state index in [0.717, 1.165) is 25.2 Å². The Labute approximate surface area is 123 Å². The van der Waals surface area contributed by atoms with Crippen LogP contribution in [0.2, 0.25) is 10.0 Å². The van der Waals surface area contributed by atoms with Gasteiger partial charge in [-0.3, -0.25) is 4.79 Å². The maximum Gasteiger partial charge on any atom is 0.230 e. The molecule has 19 heavy (non-hydrogen) atoms. The molecule has 1 aliphatic heterocycles. The van der Waals surface area contributed by atoms with Gasteiger partial charge in [0.2, 0.25) is 5.91 Å². The molecule has 2 rings (SSSR count). The number of amides is 1. The van der Waals surface area contributed by atoms with Crippen LogP contribution in [0.1, 0.15) is 25.3 Å². The Kier molecular flexibility index (Phi) is 4.71. The van der Waals surface area contributed by atoms with Crippen molar-refractivity contribution in [2.24, 2.45) is 0 Å². The van der Waals surface area contributed by atoms with Crippen LogP contribution in [0.3, 0.4) is 0 Å². The van der Waals surface area contributed by atoms with Gasteiger partial charge in [-0.1, -0.05) is 29.3 Å². The van der Waals surface area contributed by atoms with E-state index in [0.29, 0.717) is 10.0 Å². The maximum atomic E-state index is 12.5.